The first-order chi connectivity index (χ1) is 15.9. The Balaban J connectivity index is 1.54. The van der Waals surface area contributed by atoms with Crippen molar-refractivity contribution in [1.29, 1.82) is 0 Å². The summed E-state index contributed by atoms with van der Waals surface area (Å²) in [6.07, 6.45) is 4.76. The smallest absolute Gasteiger partial charge is 0.273 e. The summed E-state index contributed by atoms with van der Waals surface area (Å²) in [6.45, 7) is 3.76. The van der Waals surface area contributed by atoms with Gasteiger partial charge < -0.3 is 10.6 Å². The number of nitrogens with zero attached hydrogens (tertiary/aromatic N) is 2. The number of fused-ring (bicyclic) bond motifs is 1. The molecule has 1 aliphatic carbocycles. The molecule has 0 spiro atoms. The van der Waals surface area contributed by atoms with Crippen molar-refractivity contribution in [3.05, 3.63) is 69.6 Å². The third-order valence-electron chi connectivity index (χ3n) is 6.20. The number of aromatic nitrogens is 2. The van der Waals surface area contributed by atoms with Gasteiger partial charge in [0, 0.05) is 24.6 Å². The lowest BCUT2D eigenvalue weighted by Crippen LogP contribution is -2.34. The number of para-hydroxylation sites is 2. The van der Waals surface area contributed by atoms with Crippen LogP contribution in [0.4, 0.5) is 5.69 Å². The maximum absolute atomic E-state index is 13.2. The molecule has 0 unspecified atom stereocenters. The zero-order valence-electron chi connectivity index (χ0n) is 19.2. The fraction of sp³-hybridized carbons (Fsp3) is 0.385. The van der Waals surface area contributed by atoms with E-state index in [1.807, 2.05) is 50.2 Å². The maximum atomic E-state index is 13.2. The molecule has 0 saturated heterocycles. The number of nitrogens with one attached hydrogen (secondary N) is 2. The van der Waals surface area contributed by atoms with E-state index in [1.165, 1.54) is 4.57 Å². The summed E-state index contributed by atoms with van der Waals surface area (Å²) in [5, 5.41) is 5.97. The Bertz CT molecular complexity index is 1240. The zero-order chi connectivity index (χ0) is 23.4. The monoisotopic (exact) mass is 446 g/mol. The first-order valence-corrected chi connectivity index (χ1v) is 11.6. The second-order valence-corrected chi connectivity index (χ2v) is 8.85. The van der Waals surface area contributed by atoms with Gasteiger partial charge in [0.25, 0.3) is 5.56 Å². The minimum atomic E-state index is -0.335. The Hall–Kier alpha value is -3.48. The van der Waals surface area contributed by atoms with Gasteiger partial charge in [-0.05, 0) is 56.0 Å². The van der Waals surface area contributed by atoms with Crippen LogP contribution >= 0.6 is 0 Å². The minimum Gasteiger partial charge on any atom is -0.353 e. The van der Waals surface area contributed by atoms with Gasteiger partial charge in [-0.2, -0.15) is 0 Å². The van der Waals surface area contributed by atoms with Crippen molar-refractivity contribution >= 4 is 28.5 Å². The third-order valence-corrected chi connectivity index (χ3v) is 6.20. The summed E-state index contributed by atoms with van der Waals surface area (Å²) in [5.74, 6) is -0.345. The van der Waals surface area contributed by atoms with Gasteiger partial charge in [0.05, 0.1) is 11.0 Å². The van der Waals surface area contributed by atoms with Gasteiger partial charge in [-0.15, -0.1) is 0 Å². The molecule has 4 rings (SSSR count). The van der Waals surface area contributed by atoms with Crippen LogP contribution in [-0.2, 0) is 22.6 Å². The number of aryl methyl sites for hydroxylation is 3. The average molecular weight is 447 g/mol. The highest BCUT2D eigenvalue weighted by Crippen LogP contribution is 2.18. The number of anilines is 1. The normalized spacial score (nSPS) is 13.9. The summed E-state index contributed by atoms with van der Waals surface area (Å²) in [7, 11) is 0. The molecule has 0 bridgehead atoms. The van der Waals surface area contributed by atoms with Crippen LogP contribution in [-0.4, -0.2) is 27.4 Å². The van der Waals surface area contributed by atoms with E-state index in [0.29, 0.717) is 16.7 Å². The summed E-state index contributed by atoms with van der Waals surface area (Å²) < 4.78 is 1.45. The van der Waals surface area contributed by atoms with Crippen LogP contribution in [0.3, 0.4) is 0 Å². The van der Waals surface area contributed by atoms with Crippen LogP contribution in [0.2, 0.25) is 0 Å². The van der Waals surface area contributed by atoms with Crippen molar-refractivity contribution in [2.75, 3.05) is 5.32 Å². The van der Waals surface area contributed by atoms with Crippen LogP contribution in [0.15, 0.2) is 47.3 Å². The lowest BCUT2D eigenvalue weighted by Gasteiger charge is -2.14. The minimum absolute atomic E-state index is 0.0597. The lowest BCUT2D eigenvalue weighted by molar-refractivity contribution is -0.121. The highest BCUT2D eigenvalue weighted by Gasteiger charge is 2.19. The van der Waals surface area contributed by atoms with E-state index in [0.717, 1.165) is 42.5 Å². The number of hydrogen-bond donors (Lipinski definition) is 2. The van der Waals surface area contributed by atoms with Gasteiger partial charge in [0.2, 0.25) is 11.8 Å². The largest absolute Gasteiger partial charge is 0.353 e. The van der Waals surface area contributed by atoms with E-state index in [1.54, 1.807) is 6.07 Å². The molecule has 1 fully saturated rings. The molecule has 0 aliphatic heterocycles. The molecule has 0 atom stereocenters. The van der Waals surface area contributed by atoms with E-state index in [-0.39, 0.29) is 42.8 Å². The van der Waals surface area contributed by atoms with Gasteiger partial charge >= 0.3 is 0 Å². The summed E-state index contributed by atoms with van der Waals surface area (Å²) in [6, 6.07) is 13.4. The van der Waals surface area contributed by atoms with E-state index in [4.69, 9.17) is 0 Å². The number of carbonyl (C=O) groups is 2. The van der Waals surface area contributed by atoms with Gasteiger partial charge in [-0.25, -0.2) is 4.98 Å². The number of hydrogen-bond acceptors (Lipinski definition) is 4. The third kappa shape index (κ3) is 5.48. The standard InChI is InChI=1S/C26H30N4O3/c1-17-11-12-18(2)22(15-17)29-25(32)16-30-23-10-6-5-9-20(23)28-21(26(30)33)13-14-24(31)27-19-7-3-4-8-19/h5-6,9-12,15,19H,3-4,7-8,13-14,16H2,1-2H3,(H,27,31)(H,29,32). The molecular weight excluding hydrogens is 416 g/mol. The second-order valence-electron chi connectivity index (χ2n) is 8.85. The Kier molecular flexibility index (Phi) is 6.87. The van der Waals surface area contributed by atoms with E-state index in [9.17, 15) is 14.4 Å². The van der Waals surface area contributed by atoms with E-state index in [2.05, 4.69) is 15.6 Å². The van der Waals surface area contributed by atoms with Gasteiger partial charge in [-0.1, -0.05) is 37.1 Å². The van der Waals surface area contributed by atoms with Crippen LogP contribution in [0.1, 0.15) is 48.9 Å². The number of amides is 2. The molecular formula is C26H30N4O3. The van der Waals surface area contributed by atoms with Gasteiger partial charge in [-0.3, -0.25) is 19.0 Å². The Morgan fingerprint density at radius 2 is 1.82 bits per heavy atom. The number of benzene rings is 2. The molecule has 2 aromatic carbocycles. The molecule has 172 valence electrons. The van der Waals surface area contributed by atoms with Crippen molar-refractivity contribution in [3.8, 4) is 0 Å². The molecule has 3 aromatic rings. The number of rotatable bonds is 7. The molecule has 1 aromatic heterocycles. The van der Waals surface area contributed by atoms with E-state index >= 15 is 0 Å². The Morgan fingerprint density at radius 1 is 1.06 bits per heavy atom. The number of carbonyl (C=O) groups excluding carboxylic acids is 2. The van der Waals surface area contributed by atoms with E-state index < -0.39 is 0 Å². The van der Waals surface area contributed by atoms with Crippen LogP contribution in [0.25, 0.3) is 11.0 Å². The van der Waals surface area contributed by atoms with Crippen LogP contribution in [0, 0.1) is 13.8 Å². The Labute approximate surface area is 193 Å². The lowest BCUT2D eigenvalue weighted by atomic mass is 10.1. The van der Waals surface area contributed by atoms with Gasteiger partial charge in [0.15, 0.2) is 0 Å². The van der Waals surface area contributed by atoms with Crippen molar-refractivity contribution in [2.24, 2.45) is 0 Å². The summed E-state index contributed by atoms with van der Waals surface area (Å²) in [4.78, 5) is 43.0. The quantitative estimate of drug-likeness (QED) is 0.579. The SMILES string of the molecule is Cc1ccc(C)c(NC(=O)Cn2c(=O)c(CCC(=O)NC3CCCC3)nc3ccccc32)c1. The van der Waals surface area contributed by atoms with Crippen molar-refractivity contribution < 1.29 is 9.59 Å². The molecule has 7 nitrogen and oxygen atoms in total. The molecule has 33 heavy (non-hydrogen) atoms. The van der Waals surface area contributed by atoms with Crippen molar-refractivity contribution in [2.45, 2.75) is 65.0 Å². The zero-order valence-corrected chi connectivity index (χ0v) is 19.2. The summed E-state index contributed by atoms with van der Waals surface area (Å²) in [5.41, 5.74) is 3.92. The molecule has 0 radical (unpaired) electrons. The fourth-order valence-corrected chi connectivity index (χ4v) is 4.37. The van der Waals surface area contributed by atoms with Crippen LogP contribution in [0.5, 0.6) is 0 Å². The van der Waals surface area contributed by atoms with Crippen LogP contribution < -0.4 is 16.2 Å². The summed E-state index contributed by atoms with van der Waals surface area (Å²) >= 11 is 0. The van der Waals surface area contributed by atoms with Crippen molar-refractivity contribution in [1.82, 2.24) is 14.9 Å². The first kappa shape index (κ1) is 22.7. The van der Waals surface area contributed by atoms with Gasteiger partial charge in [0.1, 0.15) is 12.2 Å². The second kappa shape index (κ2) is 9.98. The Morgan fingerprint density at radius 3 is 2.61 bits per heavy atom. The predicted octanol–water partition coefficient (Wildman–Crippen LogP) is 3.64. The molecule has 2 amide bonds. The fourth-order valence-electron chi connectivity index (χ4n) is 4.37. The highest BCUT2D eigenvalue weighted by molar-refractivity contribution is 5.92. The predicted molar refractivity (Wildman–Crippen MR) is 129 cm³/mol. The molecule has 1 saturated carbocycles. The topological polar surface area (TPSA) is 93.1 Å². The average Bonchev–Trinajstić information content (AvgIpc) is 3.30. The maximum Gasteiger partial charge on any atom is 0.273 e. The highest BCUT2D eigenvalue weighted by atomic mass is 16.2. The molecule has 1 aliphatic rings. The van der Waals surface area contributed by atoms with Crippen molar-refractivity contribution in [3.63, 3.8) is 0 Å². The molecule has 1 heterocycles. The molecule has 2 N–H and O–H groups in total. The first-order valence-electron chi connectivity index (χ1n) is 11.6. The molecule has 7 heteroatoms.